The van der Waals surface area contributed by atoms with Crippen molar-refractivity contribution in [3.05, 3.63) is 89.5 Å². The molecule has 0 saturated heterocycles. The highest BCUT2D eigenvalue weighted by Gasteiger charge is 2.42. The Labute approximate surface area is 236 Å². The molecule has 19 heteroatoms. The van der Waals surface area contributed by atoms with Crippen molar-refractivity contribution in [2.24, 2.45) is 5.10 Å². The predicted molar refractivity (Wildman–Crippen MR) is 132 cm³/mol. The Morgan fingerprint density at radius 2 is 1.30 bits per heavy atom. The summed E-state index contributed by atoms with van der Waals surface area (Å²) in [5.74, 6) is -5.95. The molecule has 3 aromatic carbocycles. The quantitative estimate of drug-likeness (QED) is 0.111. The molecular weight excluding hydrogens is 620 g/mol. The van der Waals surface area contributed by atoms with Crippen LogP contribution >= 0.6 is 0 Å². The number of nitrogens with zero attached hydrogens (tertiary/aromatic N) is 3. The van der Waals surface area contributed by atoms with E-state index in [-0.39, 0.29) is 16.9 Å². The lowest BCUT2D eigenvalue weighted by atomic mass is 10.2. The van der Waals surface area contributed by atoms with E-state index in [4.69, 9.17) is 10.5 Å². The molecule has 0 fully saturated rings. The van der Waals surface area contributed by atoms with Gasteiger partial charge in [-0.15, -0.1) is 5.10 Å². The fourth-order valence-corrected chi connectivity index (χ4v) is 3.48. The number of anilines is 2. The van der Waals surface area contributed by atoms with Gasteiger partial charge in [-0.25, -0.2) is 8.78 Å². The van der Waals surface area contributed by atoms with Crippen molar-refractivity contribution < 1.29 is 52.5 Å². The molecule has 0 radical (unpaired) electrons. The minimum absolute atomic E-state index is 0.0412. The topological polar surface area (TPSA) is 156 Å². The van der Waals surface area contributed by atoms with Gasteiger partial charge in [-0.2, -0.15) is 45.3 Å². The number of hydrogen-bond acceptors (Lipinski definition) is 9. The number of nitriles is 2. The Hall–Kier alpha value is -5.43. The zero-order chi connectivity index (χ0) is 32.4. The van der Waals surface area contributed by atoms with Gasteiger partial charge >= 0.3 is 34.3 Å². The zero-order valence-electron chi connectivity index (χ0n) is 20.8. The van der Waals surface area contributed by atoms with Crippen LogP contribution in [-0.2, 0) is 19.1 Å². The predicted octanol–water partition coefficient (Wildman–Crippen LogP) is 5.09. The fourth-order valence-electron chi connectivity index (χ4n) is 2.55. The zero-order valence-corrected chi connectivity index (χ0v) is 21.6. The van der Waals surface area contributed by atoms with Crippen LogP contribution in [-0.4, -0.2) is 32.6 Å². The summed E-state index contributed by atoms with van der Waals surface area (Å²) in [6.07, 6.45) is -10.3. The first-order valence-electron chi connectivity index (χ1n) is 10.9. The molecule has 226 valence electrons. The fraction of sp³-hybridized carbons (Fsp3) is 0.0833. The second-order valence-electron chi connectivity index (χ2n) is 7.57. The average molecular weight is 634 g/mol. The Bertz CT molecular complexity index is 1680. The van der Waals surface area contributed by atoms with Gasteiger partial charge in [0, 0.05) is 0 Å². The number of carbonyl (C=O) groups excluding carboxylic acids is 1. The second kappa shape index (κ2) is 14.0. The molecule has 0 unspecified atom stereocenters. The SMILES string of the molecule is N#Cc1cc(N/N=C(\OS(=O)(=O)c2ccccc2)C(F)(F)F)ccc1F.N#Cc1cc(NNC(=O)C(F)(F)F)ccc1F. The maximum Gasteiger partial charge on any atom is 0.472 e. The van der Waals surface area contributed by atoms with Crippen molar-refractivity contribution in [3.8, 4) is 12.1 Å². The lowest BCUT2D eigenvalue weighted by molar-refractivity contribution is -0.173. The number of hydrazone groups is 1. The Morgan fingerprint density at radius 1 is 0.791 bits per heavy atom. The van der Waals surface area contributed by atoms with E-state index in [0.717, 1.165) is 48.5 Å². The molecular formula is C24H14F8N6O4S. The minimum Gasteiger partial charge on any atom is -0.351 e. The van der Waals surface area contributed by atoms with Gasteiger partial charge in [0.1, 0.15) is 28.7 Å². The molecule has 1 amide bonds. The van der Waals surface area contributed by atoms with Gasteiger partial charge in [-0.05, 0) is 48.5 Å². The van der Waals surface area contributed by atoms with E-state index >= 15 is 0 Å². The van der Waals surface area contributed by atoms with Crippen LogP contribution in [0.15, 0.2) is 76.7 Å². The highest BCUT2D eigenvalue weighted by molar-refractivity contribution is 7.87. The van der Waals surface area contributed by atoms with Crippen molar-refractivity contribution in [1.29, 1.82) is 10.5 Å². The number of carbonyl (C=O) groups is 1. The van der Waals surface area contributed by atoms with Gasteiger partial charge < -0.3 is 4.18 Å². The number of nitrogens with one attached hydrogen (secondary N) is 3. The van der Waals surface area contributed by atoms with Crippen LogP contribution in [0, 0.1) is 34.3 Å². The molecule has 0 heterocycles. The summed E-state index contributed by atoms with van der Waals surface area (Å²) in [6.45, 7) is 0. The van der Waals surface area contributed by atoms with E-state index < -0.39 is 56.4 Å². The normalized spacial score (nSPS) is 11.6. The Morgan fingerprint density at radius 3 is 1.79 bits per heavy atom. The van der Waals surface area contributed by atoms with Crippen molar-refractivity contribution in [2.45, 2.75) is 17.2 Å². The van der Waals surface area contributed by atoms with Gasteiger partial charge in [0.15, 0.2) is 0 Å². The first-order chi connectivity index (χ1) is 20.0. The van der Waals surface area contributed by atoms with Crippen LogP contribution in [0.3, 0.4) is 0 Å². The number of hydrazine groups is 1. The number of amides is 1. The van der Waals surface area contributed by atoms with Crippen molar-refractivity contribution >= 4 is 33.3 Å². The Balaban J connectivity index is 0.000000329. The van der Waals surface area contributed by atoms with E-state index in [1.807, 2.05) is 10.9 Å². The van der Waals surface area contributed by atoms with Crippen LogP contribution in [0.5, 0.6) is 0 Å². The van der Waals surface area contributed by atoms with E-state index in [2.05, 4.69) is 9.28 Å². The van der Waals surface area contributed by atoms with E-state index in [0.29, 0.717) is 0 Å². The van der Waals surface area contributed by atoms with Gasteiger partial charge in [0.25, 0.3) is 0 Å². The summed E-state index contributed by atoms with van der Waals surface area (Å²) in [6, 6.07) is 14.9. The summed E-state index contributed by atoms with van der Waals surface area (Å²) in [5.41, 5.74) is 4.17. The summed E-state index contributed by atoms with van der Waals surface area (Å²) in [5, 5.41) is 20.0. The van der Waals surface area contributed by atoms with Gasteiger partial charge in [-0.3, -0.25) is 21.1 Å². The highest BCUT2D eigenvalue weighted by Crippen LogP contribution is 2.23. The monoisotopic (exact) mass is 634 g/mol. The number of rotatable bonds is 6. The van der Waals surface area contributed by atoms with Crippen molar-refractivity contribution in [2.75, 3.05) is 10.9 Å². The third-order valence-electron chi connectivity index (χ3n) is 4.50. The molecule has 0 bridgehead atoms. The van der Waals surface area contributed by atoms with Crippen LogP contribution in [0.2, 0.25) is 0 Å². The standard InChI is InChI=1S/C15H9F4N3O3S.C9H5F4N3O/c16-13-7-6-11(8-10(13)9-20)21-22-14(15(17,18)19)25-26(23,24)12-4-2-1-3-5-12;10-7-2-1-6(3-5(7)4-14)15-16-8(17)9(11,12)13/h1-8,21H;1-3,15H,(H,16,17)/b22-14-;. The molecule has 3 rings (SSSR count). The van der Waals surface area contributed by atoms with E-state index in [1.165, 1.54) is 35.8 Å². The smallest absolute Gasteiger partial charge is 0.351 e. The van der Waals surface area contributed by atoms with Crippen molar-refractivity contribution in [1.82, 2.24) is 5.43 Å². The lowest BCUT2D eigenvalue weighted by Crippen LogP contribution is -2.40. The number of benzene rings is 3. The van der Waals surface area contributed by atoms with E-state index in [1.54, 1.807) is 0 Å². The molecule has 3 aromatic rings. The third-order valence-corrected chi connectivity index (χ3v) is 5.73. The maximum atomic E-state index is 13.2. The van der Waals surface area contributed by atoms with E-state index in [9.17, 15) is 48.3 Å². The van der Waals surface area contributed by atoms with Crippen molar-refractivity contribution in [3.63, 3.8) is 0 Å². The van der Waals surface area contributed by atoms with Gasteiger partial charge in [0.2, 0.25) is 0 Å². The van der Waals surface area contributed by atoms with Crippen LogP contribution in [0.1, 0.15) is 11.1 Å². The molecule has 0 aromatic heterocycles. The summed E-state index contributed by atoms with van der Waals surface area (Å²) < 4.78 is 128. The summed E-state index contributed by atoms with van der Waals surface area (Å²) >= 11 is 0. The third kappa shape index (κ3) is 10.2. The summed E-state index contributed by atoms with van der Waals surface area (Å²) in [7, 11) is -4.77. The highest BCUT2D eigenvalue weighted by atomic mass is 32.2. The molecule has 0 saturated carbocycles. The molecule has 3 N–H and O–H groups in total. The van der Waals surface area contributed by atoms with Gasteiger partial charge in [-0.1, -0.05) is 18.2 Å². The Kier molecular flexibility index (Phi) is 11.0. The average Bonchev–Trinajstić information content (AvgIpc) is 2.95. The first-order valence-corrected chi connectivity index (χ1v) is 12.3. The molecule has 10 nitrogen and oxygen atoms in total. The molecule has 0 spiro atoms. The van der Waals surface area contributed by atoms with Crippen LogP contribution in [0.4, 0.5) is 46.5 Å². The lowest BCUT2D eigenvalue weighted by Gasteiger charge is -2.12. The minimum atomic E-state index is -5.23. The maximum absolute atomic E-state index is 13.2. The number of alkyl halides is 6. The molecule has 0 aliphatic carbocycles. The molecule has 0 atom stereocenters. The van der Waals surface area contributed by atoms with Crippen LogP contribution < -0.4 is 16.3 Å². The van der Waals surface area contributed by atoms with Crippen LogP contribution in [0.25, 0.3) is 0 Å². The van der Waals surface area contributed by atoms with Gasteiger partial charge in [0.05, 0.1) is 22.5 Å². The summed E-state index contributed by atoms with van der Waals surface area (Å²) in [4.78, 5) is 9.93. The molecule has 0 aliphatic heterocycles. The first kappa shape index (κ1) is 33.8. The molecule has 0 aliphatic rings. The second-order valence-corrected chi connectivity index (χ2v) is 9.11. The number of halogens is 8. The largest absolute Gasteiger partial charge is 0.472 e. The number of hydrogen-bond donors (Lipinski definition) is 3. The molecule has 43 heavy (non-hydrogen) atoms.